The topological polar surface area (TPSA) is 79.4 Å². The van der Waals surface area contributed by atoms with Crippen molar-refractivity contribution in [1.82, 2.24) is 19.3 Å². The molecule has 0 radical (unpaired) electrons. The molecule has 0 spiro atoms. The van der Waals surface area contributed by atoms with Crippen LogP contribution in [0.3, 0.4) is 0 Å². The van der Waals surface area contributed by atoms with Gasteiger partial charge in [0.05, 0.1) is 16.9 Å². The summed E-state index contributed by atoms with van der Waals surface area (Å²) in [6.07, 6.45) is 9.76. The Bertz CT molecular complexity index is 1270. The van der Waals surface area contributed by atoms with Crippen molar-refractivity contribution in [2.75, 3.05) is 18.8 Å². The van der Waals surface area contributed by atoms with Crippen molar-refractivity contribution >= 4 is 28.0 Å². The van der Waals surface area contributed by atoms with Crippen molar-refractivity contribution in [3.63, 3.8) is 0 Å². The average Bonchev–Trinajstić information content (AvgIpc) is 3.47. The quantitative estimate of drug-likeness (QED) is 0.450. The standard InChI is InChI=1S/C27H31N5O/c28-21-10-6-14-32-25(21)24(23-17-20-9-4-5-11-22(20)29-23)30-26(32)18-12-15-31(16-13-18)27(33)19-7-2-1-3-8-19/h4-6,9-11,14,17-19,29H,1-3,7-8,12-13,15-16,28H2. The molecule has 1 amide bonds. The lowest BCUT2D eigenvalue weighted by molar-refractivity contribution is -0.137. The SMILES string of the molecule is Nc1cccn2c(C3CCN(C(=O)C4CCCCC4)CC3)nc(-c3cc4ccccc4[nH]3)c12. The Kier molecular flexibility index (Phi) is 5.08. The average molecular weight is 442 g/mol. The normalized spacial score (nSPS) is 18.4. The first-order chi connectivity index (χ1) is 16.2. The molecule has 33 heavy (non-hydrogen) atoms. The van der Waals surface area contributed by atoms with Crippen LogP contribution in [0.1, 0.15) is 56.7 Å². The Hall–Kier alpha value is -3.28. The van der Waals surface area contributed by atoms with Gasteiger partial charge in [-0.25, -0.2) is 4.98 Å². The molecule has 0 unspecified atom stereocenters. The molecule has 170 valence electrons. The maximum atomic E-state index is 13.0. The highest BCUT2D eigenvalue weighted by Crippen LogP contribution is 2.36. The first-order valence-electron chi connectivity index (χ1n) is 12.3. The summed E-state index contributed by atoms with van der Waals surface area (Å²) >= 11 is 0. The second-order valence-corrected chi connectivity index (χ2v) is 9.71. The van der Waals surface area contributed by atoms with E-state index in [-0.39, 0.29) is 5.92 Å². The molecule has 6 nitrogen and oxygen atoms in total. The number of carbonyl (C=O) groups is 1. The number of carbonyl (C=O) groups excluding carboxylic acids is 1. The summed E-state index contributed by atoms with van der Waals surface area (Å²) < 4.78 is 2.17. The zero-order chi connectivity index (χ0) is 22.4. The Morgan fingerprint density at radius 1 is 1.00 bits per heavy atom. The second-order valence-electron chi connectivity index (χ2n) is 9.71. The van der Waals surface area contributed by atoms with Crippen LogP contribution in [0, 0.1) is 5.92 Å². The minimum atomic E-state index is 0.246. The lowest BCUT2D eigenvalue weighted by Gasteiger charge is -2.34. The molecular formula is C27H31N5O. The minimum Gasteiger partial charge on any atom is -0.397 e. The third-order valence-electron chi connectivity index (χ3n) is 7.63. The minimum absolute atomic E-state index is 0.246. The molecule has 6 rings (SSSR count). The van der Waals surface area contributed by atoms with E-state index < -0.39 is 0 Å². The summed E-state index contributed by atoms with van der Waals surface area (Å²) in [7, 11) is 0. The van der Waals surface area contributed by atoms with Gasteiger partial charge in [0.2, 0.25) is 5.91 Å². The number of nitrogen functional groups attached to an aromatic ring is 1. The van der Waals surface area contributed by atoms with E-state index in [0.717, 1.165) is 72.7 Å². The fraction of sp³-hybridized carbons (Fsp3) is 0.407. The third-order valence-corrected chi connectivity index (χ3v) is 7.63. The Morgan fingerprint density at radius 3 is 2.58 bits per heavy atom. The van der Waals surface area contributed by atoms with E-state index in [1.807, 2.05) is 24.3 Å². The lowest BCUT2D eigenvalue weighted by Crippen LogP contribution is -2.42. The lowest BCUT2D eigenvalue weighted by atomic mass is 9.87. The number of aromatic amines is 1. The van der Waals surface area contributed by atoms with Crippen LogP contribution in [0.2, 0.25) is 0 Å². The van der Waals surface area contributed by atoms with Crippen LogP contribution in [-0.2, 0) is 4.79 Å². The number of benzene rings is 1. The maximum Gasteiger partial charge on any atom is 0.225 e. The monoisotopic (exact) mass is 441 g/mol. The molecule has 4 heterocycles. The molecule has 2 fully saturated rings. The van der Waals surface area contributed by atoms with Gasteiger partial charge in [0.15, 0.2) is 0 Å². The molecular weight excluding hydrogens is 410 g/mol. The molecule has 0 atom stereocenters. The fourth-order valence-electron chi connectivity index (χ4n) is 5.83. The zero-order valence-electron chi connectivity index (χ0n) is 19.0. The number of H-pyrrole nitrogens is 1. The van der Waals surface area contributed by atoms with Gasteiger partial charge < -0.3 is 20.0 Å². The summed E-state index contributed by atoms with van der Waals surface area (Å²) in [4.78, 5) is 23.8. The molecule has 3 N–H and O–H groups in total. The first kappa shape index (κ1) is 20.3. The van der Waals surface area contributed by atoms with Crippen LogP contribution in [0.15, 0.2) is 48.7 Å². The molecule has 1 aliphatic heterocycles. The number of piperidine rings is 1. The fourth-order valence-corrected chi connectivity index (χ4v) is 5.83. The molecule has 3 aromatic heterocycles. The van der Waals surface area contributed by atoms with Gasteiger partial charge in [-0.05, 0) is 49.9 Å². The van der Waals surface area contributed by atoms with Crippen molar-refractivity contribution in [2.24, 2.45) is 5.92 Å². The number of nitrogens with one attached hydrogen (secondary N) is 1. The summed E-state index contributed by atoms with van der Waals surface area (Å²) in [5.41, 5.74) is 11.1. The summed E-state index contributed by atoms with van der Waals surface area (Å²) in [5, 5.41) is 1.17. The van der Waals surface area contributed by atoms with E-state index >= 15 is 0 Å². The van der Waals surface area contributed by atoms with Crippen molar-refractivity contribution in [1.29, 1.82) is 0 Å². The molecule has 0 bridgehead atoms. The smallest absolute Gasteiger partial charge is 0.225 e. The summed E-state index contributed by atoms with van der Waals surface area (Å²) in [5.74, 6) is 1.99. The number of nitrogens with two attached hydrogens (primary N) is 1. The number of amides is 1. The molecule has 6 heteroatoms. The van der Waals surface area contributed by atoms with E-state index in [2.05, 4.69) is 38.7 Å². The number of hydrogen-bond donors (Lipinski definition) is 2. The number of hydrogen-bond acceptors (Lipinski definition) is 3. The van der Waals surface area contributed by atoms with E-state index in [1.165, 1.54) is 24.6 Å². The Morgan fingerprint density at radius 2 is 1.79 bits per heavy atom. The number of anilines is 1. The van der Waals surface area contributed by atoms with Gasteiger partial charge in [-0.15, -0.1) is 0 Å². The molecule has 2 aliphatic rings. The van der Waals surface area contributed by atoms with Crippen LogP contribution in [0.4, 0.5) is 5.69 Å². The van der Waals surface area contributed by atoms with Gasteiger partial charge in [0, 0.05) is 42.0 Å². The van der Waals surface area contributed by atoms with Crippen molar-refractivity contribution < 1.29 is 4.79 Å². The Balaban J connectivity index is 1.30. The number of rotatable bonds is 3. The van der Waals surface area contributed by atoms with Gasteiger partial charge >= 0.3 is 0 Å². The number of pyridine rings is 1. The van der Waals surface area contributed by atoms with Gasteiger partial charge in [-0.2, -0.15) is 0 Å². The largest absolute Gasteiger partial charge is 0.397 e. The predicted molar refractivity (Wildman–Crippen MR) is 132 cm³/mol. The third kappa shape index (κ3) is 3.58. The second kappa shape index (κ2) is 8.25. The number of likely N-dealkylation sites (tertiary alicyclic amines) is 1. The van der Waals surface area contributed by atoms with Gasteiger partial charge in [0.1, 0.15) is 11.5 Å². The van der Waals surface area contributed by atoms with Crippen LogP contribution in [-0.4, -0.2) is 38.3 Å². The molecule has 1 aromatic carbocycles. The maximum absolute atomic E-state index is 13.0. The van der Waals surface area contributed by atoms with Gasteiger partial charge in [-0.3, -0.25) is 4.79 Å². The highest BCUT2D eigenvalue weighted by atomic mass is 16.2. The number of imidazole rings is 1. The Labute approximate surface area is 193 Å². The number of para-hydroxylation sites is 1. The molecule has 1 saturated carbocycles. The number of fused-ring (bicyclic) bond motifs is 2. The van der Waals surface area contributed by atoms with Gasteiger partial charge in [-0.1, -0.05) is 37.5 Å². The zero-order valence-corrected chi connectivity index (χ0v) is 19.0. The summed E-state index contributed by atoms with van der Waals surface area (Å²) in [6, 6.07) is 14.4. The van der Waals surface area contributed by atoms with Crippen LogP contribution >= 0.6 is 0 Å². The van der Waals surface area contributed by atoms with Crippen LogP contribution < -0.4 is 5.73 Å². The van der Waals surface area contributed by atoms with E-state index in [9.17, 15) is 4.79 Å². The number of aromatic nitrogens is 3. The molecule has 1 aliphatic carbocycles. The van der Waals surface area contributed by atoms with Crippen LogP contribution in [0.5, 0.6) is 0 Å². The molecule has 1 saturated heterocycles. The van der Waals surface area contributed by atoms with Crippen LogP contribution in [0.25, 0.3) is 27.8 Å². The van der Waals surface area contributed by atoms with Gasteiger partial charge in [0.25, 0.3) is 0 Å². The highest BCUT2D eigenvalue weighted by Gasteiger charge is 2.31. The first-order valence-corrected chi connectivity index (χ1v) is 12.3. The molecule has 4 aromatic rings. The van der Waals surface area contributed by atoms with E-state index in [4.69, 9.17) is 10.7 Å². The summed E-state index contributed by atoms with van der Waals surface area (Å²) in [6.45, 7) is 1.64. The van der Waals surface area contributed by atoms with Crippen molar-refractivity contribution in [3.8, 4) is 11.4 Å². The van der Waals surface area contributed by atoms with E-state index in [1.54, 1.807) is 0 Å². The van der Waals surface area contributed by atoms with Crippen molar-refractivity contribution in [2.45, 2.75) is 50.9 Å². The predicted octanol–water partition coefficient (Wildman–Crippen LogP) is 5.35. The van der Waals surface area contributed by atoms with E-state index in [0.29, 0.717) is 11.8 Å². The highest BCUT2D eigenvalue weighted by molar-refractivity contribution is 5.92. The number of nitrogens with zero attached hydrogens (tertiary/aromatic N) is 3. The van der Waals surface area contributed by atoms with Crippen molar-refractivity contribution in [3.05, 3.63) is 54.5 Å².